The first-order chi connectivity index (χ1) is 18.3. The minimum absolute atomic E-state index is 0.208. The average Bonchev–Trinajstić information content (AvgIpc) is 3.37. The van der Waals surface area contributed by atoms with E-state index in [1.807, 2.05) is 24.3 Å². The monoisotopic (exact) mass is 539 g/mol. The Morgan fingerprint density at radius 3 is 1.62 bits per heavy atom. The Balaban J connectivity index is 1.41. The number of rotatable bonds is 4. The second-order valence-corrected chi connectivity index (χ2v) is 11.1. The van der Waals surface area contributed by atoms with Crippen molar-refractivity contribution in [3.05, 3.63) is 127 Å². The SMILES string of the molecule is c1ccc(-c2ccc(-c3nc(-c4ccccc4)nc(-c4cccc5c4[se]c4ccccc45)n3)cc2)cc1. The predicted octanol–water partition coefficient (Wildman–Crippen LogP) is 7.90. The zero-order chi connectivity index (χ0) is 24.6. The average molecular weight is 539 g/mol. The van der Waals surface area contributed by atoms with E-state index < -0.39 is 0 Å². The van der Waals surface area contributed by atoms with Crippen molar-refractivity contribution in [2.45, 2.75) is 0 Å². The summed E-state index contributed by atoms with van der Waals surface area (Å²) in [7, 11) is 0. The molecule has 0 atom stereocenters. The van der Waals surface area contributed by atoms with Crippen LogP contribution in [0.4, 0.5) is 0 Å². The van der Waals surface area contributed by atoms with Crippen LogP contribution in [0, 0.1) is 0 Å². The number of fused-ring (bicyclic) bond motifs is 3. The molecule has 0 bridgehead atoms. The Morgan fingerprint density at radius 1 is 0.378 bits per heavy atom. The van der Waals surface area contributed by atoms with Gasteiger partial charge in [-0.1, -0.05) is 6.07 Å². The number of hydrogen-bond donors (Lipinski definition) is 0. The molecule has 4 heteroatoms. The maximum absolute atomic E-state index is 5.03. The zero-order valence-electron chi connectivity index (χ0n) is 19.9. The Labute approximate surface area is 220 Å². The molecule has 2 heterocycles. The summed E-state index contributed by atoms with van der Waals surface area (Å²) >= 11 is 0.208. The molecular formula is C33H21N3Se. The molecule has 0 amide bonds. The number of hydrogen-bond acceptors (Lipinski definition) is 3. The van der Waals surface area contributed by atoms with Crippen molar-refractivity contribution in [1.82, 2.24) is 15.0 Å². The molecule has 0 saturated heterocycles. The first-order valence-electron chi connectivity index (χ1n) is 12.2. The van der Waals surface area contributed by atoms with Gasteiger partial charge in [-0.05, 0) is 0 Å². The van der Waals surface area contributed by atoms with Crippen molar-refractivity contribution in [2.75, 3.05) is 0 Å². The minimum atomic E-state index is 0.208. The molecular weight excluding hydrogens is 517 g/mol. The van der Waals surface area contributed by atoms with E-state index in [-0.39, 0.29) is 14.5 Å². The van der Waals surface area contributed by atoms with Crippen LogP contribution in [-0.4, -0.2) is 29.5 Å². The predicted molar refractivity (Wildman–Crippen MR) is 154 cm³/mol. The van der Waals surface area contributed by atoms with Gasteiger partial charge in [0.15, 0.2) is 0 Å². The van der Waals surface area contributed by atoms with Gasteiger partial charge in [0.25, 0.3) is 0 Å². The van der Waals surface area contributed by atoms with E-state index in [0.29, 0.717) is 11.6 Å². The molecule has 174 valence electrons. The third-order valence-electron chi connectivity index (χ3n) is 6.56. The second-order valence-electron chi connectivity index (χ2n) is 8.90. The van der Waals surface area contributed by atoms with Gasteiger partial charge in [0.05, 0.1) is 0 Å². The first kappa shape index (κ1) is 21.9. The third kappa shape index (κ3) is 4.07. The molecule has 0 fully saturated rings. The molecule has 7 aromatic rings. The molecule has 5 aromatic carbocycles. The summed E-state index contributed by atoms with van der Waals surface area (Å²) in [5.74, 6) is 2.10. The molecule has 37 heavy (non-hydrogen) atoms. The molecule has 0 unspecified atom stereocenters. The van der Waals surface area contributed by atoms with Crippen LogP contribution in [-0.2, 0) is 0 Å². The summed E-state index contributed by atoms with van der Waals surface area (Å²) in [6.45, 7) is 0. The fourth-order valence-corrected chi connectivity index (χ4v) is 7.25. The van der Waals surface area contributed by atoms with Crippen molar-refractivity contribution in [2.24, 2.45) is 0 Å². The zero-order valence-corrected chi connectivity index (χ0v) is 21.6. The van der Waals surface area contributed by atoms with Crippen LogP contribution in [0.5, 0.6) is 0 Å². The molecule has 7 rings (SSSR count). The van der Waals surface area contributed by atoms with E-state index in [1.54, 1.807) is 0 Å². The van der Waals surface area contributed by atoms with Crippen LogP contribution in [0.3, 0.4) is 0 Å². The standard InChI is InChI=1S/C33H21N3Se/c1-3-10-22(11-4-1)23-18-20-25(21-19-23)32-34-31(24-12-5-2-6-13-24)35-33(36-32)28-16-9-15-27-26-14-7-8-17-29(26)37-30(27)28/h1-21H. The van der Waals surface area contributed by atoms with Crippen molar-refractivity contribution >= 4 is 33.8 Å². The normalized spacial score (nSPS) is 11.2. The van der Waals surface area contributed by atoms with E-state index in [9.17, 15) is 0 Å². The van der Waals surface area contributed by atoms with Gasteiger partial charge in [-0.25, -0.2) is 0 Å². The summed E-state index contributed by atoms with van der Waals surface area (Å²) in [4.78, 5) is 14.9. The van der Waals surface area contributed by atoms with E-state index in [4.69, 9.17) is 15.0 Å². The third-order valence-corrected chi connectivity index (χ3v) is 9.12. The topological polar surface area (TPSA) is 38.7 Å². The Hall–Kier alpha value is -4.37. The van der Waals surface area contributed by atoms with Gasteiger partial charge >= 0.3 is 215 Å². The van der Waals surface area contributed by atoms with E-state index >= 15 is 0 Å². The summed E-state index contributed by atoms with van der Waals surface area (Å²) < 4.78 is 2.75. The Morgan fingerprint density at radius 2 is 0.892 bits per heavy atom. The summed E-state index contributed by atoms with van der Waals surface area (Å²) in [6.07, 6.45) is 0. The maximum atomic E-state index is 5.03. The van der Waals surface area contributed by atoms with Crippen LogP contribution < -0.4 is 0 Å². The van der Waals surface area contributed by atoms with E-state index in [1.165, 1.54) is 30.4 Å². The fraction of sp³-hybridized carbons (Fsp3) is 0. The summed E-state index contributed by atoms with van der Waals surface area (Å²) in [5, 5.41) is 2.62. The van der Waals surface area contributed by atoms with Crippen LogP contribution in [0.15, 0.2) is 127 Å². The van der Waals surface area contributed by atoms with E-state index in [0.717, 1.165) is 22.5 Å². The molecule has 0 N–H and O–H groups in total. The van der Waals surface area contributed by atoms with Gasteiger partial charge in [-0.15, -0.1) is 0 Å². The van der Waals surface area contributed by atoms with Gasteiger partial charge in [-0.3, -0.25) is 0 Å². The van der Waals surface area contributed by atoms with Crippen LogP contribution in [0.25, 0.3) is 64.6 Å². The molecule has 0 spiro atoms. The van der Waals surface area contributed by atoms with Crippen LogP contribution in [0.2, 0.25) is 0 Å². The Kier molecular flexibility index (Phi) is 5.47. The van der Waals surface area contributed by atoms with Gasteiger partial charge < -0.3 is 0 Å². The number of nitrogens with zero attached hydrogens (tertiary/aromatic N) is 3. The summed E-state index contributed by atoms with van der Waals surface area (Å²) in [6, 6.07) is 44.2. The second kappa shape index (κ2) is 9.25. The van der Waals surface area contributed by atoms with Crippen LogP contribution in [0.1, 0.15) is 0 Å². The molecule has 0 saturated carbocycles. The molecule has 0 aliphatic rings. The molecule has 0 aliphatic heterocycles. The quantitative estimate of drug-likeness (QED) is 0.214. The van der Waals surface area contributed by atoms with Crippen LogP contribution >= 0.6 is 0 Å². The molecule has 3 nitrogen and oxygen atoms in total. The van der Waals surface area contributed by atoms with Crippen molar-refractivity contribution < 1.29 is 0 Å². The number of aromatic nitrogens is 3. The van der Waals surface area contributed by atoms with Gasteiger partial charge in [0, 0.05) is 0 Å². The van der Waals surface area contributed by atoms with Gasteiger partial charge in [0.1, 0.15) is 0 Å². The Bertz CT molecular complexity index is 1860. The summed E-state index contributed by atoms with van der Waals surface area (Å²) in [5.41, 5.74) is 5.41. The molecule has 0 radical (unpaired) electrons. The van der Waals surface area contributed by atoms with Crippen molar-refractivity contribution in [3.63, 3.8) is 0 Å². The van der Waals surface area contributed by atoms with E-state index in [2.05, 4.69) is 103 Å². The molecule has 2 aromatic heterocycles. The number of benzene rings is 5. The van der Waals surface area contributed by atoms with Gasteiger partial charge in [-0.2, -0.15) is 0 Å². The van der Waals surface area contributed by atoms with Crippen molar-refractivity contribution in [1.29, 1.82) is 0 Å². The van der Waals surface area contributed by atoms with Gasteiger partial charge in [0.2, 0.25) is 0 Å². The fourth-order valence-electron chi connectivity index (χ4n) is 4.71. The molecule has 0 aliphatic carbocycles. The first-order valence-corrected chi connectivity index (χ1v) is 13.9. The van der Waals surface area contributed by atoms with Crippen molar-refractivity contribution in [3.8, 4) is 45.3 Å².